The molecule has 1 N–H and O–H groups in total. The van der Waals surface area contributed by atoms with E-state index in [1.165, 1.54) is 32.4 Å². The Balaban J connectivity index is 1.84. The largest absolute Gasteiger partial charge is 0.393 e. The smallest absolute Gasteiger partial charge is 0.0541 e. The van der Waals surface area contributed by atoms with Gasteiger partial charge < -0.3 is 10.0 Å². The highest BCUT2D eigenvalue weighted by atomic mass is 16.3. The van der Waals surface area contributed by atoms with Crippen LogP contribution in [-0.4, -0.2) is 35.2 Å². The first kappa shape index (κ1) is 11.4. The van der Waals surface area contributed by atoms with Gasteiger partial charge >= 0.3 is 0 Å². The third-order valence-corrected chi connectivity index (χ3v) is 4.55. The van der Waals surface area contributed by atoms with Crippen LogP contribution in [0.5, 0.6) is 0 Å². The average molecular weight is 211 g/mol. The van der Waals surface area contributed by atoms with Crippen molar-refractivity contribution in [3.05, 3.63) is 0 Å². The van der Waals surface area contributed by atoms with Crippen molar-refractivity contribution < 1.29 is 5.11 Å². The predicted molar refractivity (Wildman–Crippen MR) is 62.8 cm³/mol. The SMILES string of the molecule is CC1CCN(C2CCC(O)CC2)CC1C. The highest BCUT2D eigenvalue weighted by Gasteiger charge is 2.29. The summed E-state index contributed by atoms with van der Waals surface area (Å²) in [7, 11) is 0. The fourth-order valence-corrected chi connectivity index (χ4v) is 3.05. The summed E-state index contributed by atoms with van der Waals surface area (Å²) in [4.78, 5) is 2.68. The van der Waals surface area contributed by atoms with Crippen molar-refractivity contribution in [1.82, 2.24) is 4.90 Å². The standard InChI is InChI=1S/C13H25NO/c1-10-7-8-14(9-11(10)2)12-3-5-13(15)6-4-12/h10-13,15H,3-9H2,1-2H3. The molecule has 0 aromatic heterocycles. The van der Waals surface area contributed by atoms with Crippen molar-refractivity contribution >= 4 is 0 Å². The Bertz CT molecular complexity index is 199. The molecule has 1 aliphatic heterocycles. The zero-order valence-electron chi connectivity index (χ0n) is 10.2. The number of aliphatic hydroxyl groups excluding tert-OH is 1. The molecule has 1 saturated carbocycles. The molecule has 0 radical (unpaired) electrons. The molecule has 0 bridgehead atoms. The van der Waals surface area contributed by atoms with Gasteiger partial charge in [0.25, 0.3) is 0 Å². The Morgan fingerprint density at radius 2 is 1.60 bits per heavy atom. The summed E-state index contributed by atoms with van der Waals surface area (Å²) >= 11 is 0. The fourth-order valence-electron chi connectivity index (χ4n) is 3.05. The van der Waals surface area contributed by atoms with E-state index in [0.717, 1.165) is 30.7 Å². The van der Waals surface area contributed by atoms with Gasteiger partial charge in [-0.2, -0.15) is 0 Å². The summed E-state index contributed by atoms with van der Waals surface area (Å²) in [6.45, 7) is 7.33. The molecule has 2 nitrogen and oxygen atoms in total. The maximum Gasteiger partial charge on any atom is 0.0541 e. The summed E-state index contributed by atoms with van der Waals surface area (Å²) < 4.78 is 0. The molecule has 2 heteroatoms. The van der Waals surface area contributed by atoms with Gasteiger partial charge in [-0.25, -0.2) is 0 Å². The molecular formula is C13H25NO. The molecule has 0 aromatic rings. The molecule has 0 spiro atoms. The normalized spacial score (nSPS) is 44.2. The highest BCUT2D eigenvalue weighted by molar-refractivity contribution is 4.84. The van der Waals surface area contributed by atoms with E-state index in [-0.39, 0.29) is 6.10 Å². The Morgan fingerprint density at radius 1 is 0.933 bits per heavy atom. The molecule has 2 aliphatic rings. The van der Waals surface area contributed by atoms with Gasteiger partial charge in [-0.1, -0.05) is 13.8 Å². The Morgan fingerprint density at radius 3 is 2.20 bits per heavy atom. The van der Waals surface area contributed by atoms with Gasteiger partial charge in [0.05, 0.1) is 6.10 Å². The first-order valence-electron chi connectivity index (χ1n) is 6.59. The topological polar surface area (TPSA) is 23.5 Å². The van der Waals surface area contributed by atoms with Gasteiger partial charge in [-0.15, -0.1) is 0 Å². The lowest BCUT2D eigenvalue weighted by Crippen LogP contribution is -2.46. The molecule has 0 amide bonds. The lowest BCUT2D eigenvalue weighted by atomic mass is 9.85. The summed E-state index contributed by atoms with van der Waals surface area (Å²) in [6, 6.07) is 0.767. The van der Waals surface area contributed by atoms with E-state index < -0.39 is 0 Å². The molecule has 2 unspecified atom stereocenters. The van der Waals surface area contributed by atoms with Gasteiger partial charge in [-0.05, 0) is 50.5 Å². The quantitative estimate of drug-likeness (QED) is 0.719. The second kappa shape index (κ2) is 4.84. The number of likely N-dealkylation sites (tertiary alicyclic amines) is 1. The molecule has 88 valence electrons. The molecule has 2 rings (SSSR count). The Hall–Kier alpha value is -0.0800. The van der Waals surface area contributed by atoms with Crippen LogP contribution < -0.4 is 0 Å². The fraction of sp³-hybridized carbons (Fsp3) is 1.00. The maximum absolute atomic E-state index is 9.50. The van der Waals surface area contributed by atoms with Crippen LogP contribution in [0.25, 0.3) is 0 Å². The monoisotopic (exact) mass is 211 g/mol. The van der Waals surface area contributed by atoms with Crippen LogP contribution in [-0.2, 0) is 0 Å². The molecule has 0 aromatic carbocycles. The van der Waals surface area contributed by atoms with E-state index in [0.29, 0.717) is 0 Å². The maximum atomic E-state index is 9.50. The van der Waals surface area contributed by atoms with Gasteiger partial charge in [0.2, 0.25) is 0 Å². The molecule has 15 heavy (non-hydrogen) atoms. The minimum absolute atomic E-state index is 0.0117. The lowest BCUT2D eigenvalue weighted by Gasteiger charge is -2.42. The highest BCUT2D eigenvalue weighted by Crippen LogP contribution is 2.29. The van der Waals surface area contributed by atoms with E-state index in [2.05, 4.69) is 18.7 Å². The molecule has 2 fully saturated rings. The number of rotatable bonds is 1. The number of nitrogens with zero attached hydrogens (tertiary/aromatic N) is 1. The number of aliphatic hydroxyl groups is 1. The van der Waals surface area contributed by atoms with Gasteiger partial charge in [-0.3, -0.25) is 0 Å². The molecule has 2 atom stereocenters. The van der Waals surface area contributed by atoms with Crippen LogP contribution >= 0.6 is 0 Å². The summed E-state index contributed by atoms with van der Waals surface area (Å²) in [5, 5.41) is 9.50. The third kappa shape index (κ3) is 2.73. The first-order chi connectivity index (χ1) is 7.16. The molecule has 1 heterocycles. The summed E-state index contributed by atoms with van der Waals surface area (Å²) in [5.41, 5.74) is 0. The zero-order chi connectivity index (χ0) is 10.8. The lowest BCUT2D eigenvalue weighted by molar-refractivity contribution is 0.0409. The van der Waals surface area contributed by atoms with Crippen molar-refractivity contribution in [1.29, 1.82) is 0 Å². The zero-order valence-corrected chi connectivity index (χ0v) is 10.2. The molecular weight excluding hydrogens is 186 g/mol. The second-order valence-corrected chi connectivity index (χ2v) is 5.70. The van der Waals surface area contributed by atoms with Crippen molar-refractivity contribution in [3.63, 3.8) is 0 Å². The van der Waals surface area contributed by atoms with Gasteiger partial charge in [0.1, 0.15) is 0 Å². The molecule has 1 saturated heterocycles. The van der Waals surface area contributed by atoms with Crippen molar-refractivity contribution in [3.8, 4) is 0 Å². The van der Waals surface area contributed by atoms with Crippen LogP contribution in [0.2, 0.25) is 0 Å². The van der Waals surface area contributed by atoms with Crippen LogP contribution in [0.1, 0.15) is 46.0 Å². The van der Waals surface area contributed by atoms with Crippen molar-refractivity contribution in [2.75, 3.05) is 13.1 Å². The minimum Gasteiger partial charge on any atom is -0.393 e. The predicted octanol–water partition coefficient (Wildman–Crippen LogP) is 2.27. The van der Waals surface area contributed by atoms with Crippen molar-refractivity contribution in [2.24, 2.45) is 11.8 Å². The number of hydrogen-bond acceptors (Lipinski definition) is 2. The Kier molecular flexibility index (Phi) is 3.68. The number of piperidine rings is 1. The van der Waals surface area contributed by atoms with Crippen LogP contribution in [0.4, 0.5) is 0 Å². The van der Waals surface area contributed by atoms with Crippen LogP contribution in [0.3, 0.4) is 0 Å². The van der Waals surface area contributed by atoms with Crippen LogP contribution in [0.15, 0.2) is 0 Å². The number of hydrogen-bond donors (Lipinski definition) is 1. The van der Waals surface area contributed by atoms with Gasteiger partial charge in [0, 0.05) is 12.6 Å². The molecule has 1 aliphatic carbocycles. The average Bonchev–Trinajstić information content (AvgIpc) is 2.23. The first-order valence-corrected chi connectivity index (χ1v) is 6.59. The summed E-state index contributed by atoms with van der Waals surface area (Å²) in [5.74, 6) is 1.75. The van der Waals surface area contributed by atoms with E-state index in [1.54, 1.807) is 0 Å². The second-order valence-electron chi connectivity index (χ2n) is 5.70. The van der Waals surface area contributed by atoms with Crippen molar-refractivity contribution in [2.45, 2.75) is 58.1 Å². The summed E-state index contributed by atoms with van der Waals surface area (Å²) in [6.07, 6.45) is 5.81. The van der Waals surface area contributed by atoms with E-state index >= 15 is 0 Å². The van der Waals surface area contributed by atoms with E-state index in [1.807, 2.05) is 0 Å². The third-order valence-electron chi connectivity index (χ3n) is 4.55. The van der Waals surface area contributed by atoms with Gasteiger partial charge in [0.15, 0.2) is 0 Å². The van der Waals surface area contributed by atoms with Crippen LogP contribution in [0, 0.1) is 11.8 Å². The Labute approximate surface area is 93.7 Å². The van der Waals surface area contributed by atoms with E-state index in [9.17, 15) is 5.11 Å². The minimum atomic E-state index is -0.0117. The van der Waals surface area contributed by atoms with E-state index in [4.69, 9.17) is 0 Å².